The lowest BCUT2D eigenvalue weighted by molar-refractivity contribution is -0.122. The number of carbonyl (C=O) groups is 2. The molecule has 2 aromatic rings. The van der Waals surface area contributed by atoms with Crippen LogP contribution >= 0.6 is 15.9 Å². The minimum absolute atomic E-state index is 0.00702. The third kappa shape index (κ3) is 3.36. The molecular weight excluding hydrogens is 368 g/mol. The third-order valence-corrected chi connectivity index (χ3v) is 4.94. The molecule has 4 nitrogen and oxygen atoms in total. The van der Waals surface area contributed by atoms with Gasteiger partial charge >= 0.3 is 0 Å². The second kappa shape index (κ2) is 6.77. The van der Waals surface area contributed by atoms with Gasteiger partial charge in [-0.25, -0.2) is 0 Å². The largest absolute Gasteiger partial charge is 0.325 e. The molecule has 1 aliphatic rings. The molecule has 1 saturated heterocycles. The molecule has 0 aliphatic carbocycles. The monoisotopic (exact) mass is 386 g/mol. The number of anilines is 2. The molecule has 1 fully saturated rings. The number of nitrogens with zero attached hydrogens (tertiary/aromatic N) is 1. The highest BCUT2D eigenvalue weighted by Crippen LogP contribution is 2.29. The van der Waals surface area contributed by atoms with E-state index in [0.29, 0.717) is 6.54 Å². The summed E-state index contributed by atoms with van der Waals surface area (Å²) in [6, 6.07) is 13.5. The number of aryl methyl sites for hydroxylation is 2. The number of benzene rings is 2. The van der Waals surface area contributed by atoms with E-state index < -0.39 is 0 Å². The number of hydrogen-bond acceptors (Lipinski definition) is 2. The van der Waals surface area contributed by atoms with Gasteiger partial charge in [0.1, 0.15) is 0 Å². The van der Waals surface area contributed by atoms with Crippen LogP contribution in [0.4, 0.5) is 11.4 Å². The van der Waals surface area contributed by atoms with Crippen LogP contribution in [0.15, 0.2) is 46.9 Å². The Labute approximate surface area is 150 Å². The van der Waals surface area contributed by atoms with Crippen molar-refractivity contribution in [3.8, 4) is 0 Å². The highest BCUT2D eigenvalue weighted by Gasteiger charge is 2.35. The van der Waals surface area contributed by atoms with Gasteiger partial charge in [-0.15, -0.1) is 0 Å². The molecule has 0 spiro atoms. The highest BCUT2D eigenvalue weighted by atomic mass is 79.9. The SMILES string of the molecule is Cc1ccc(NC(=O)C2CC(=O)N(c3ccccc3C)C2)c(Br)c1. The van der Waals surface area contributed by atoms with E-state index in [0.717, 1.165) is 27.0 Å². The van der Waals surface area contributed by atoms with Gasteiger partial charge < -0.3 is 10.2 Å². The van der Waals surface area contributed by atoms with E-state index in [9.17, 15) is 9.59 Å². The fourth-order valence-corrected chi connectivity index (χ4v) is 3.53. The zero-order valence-corrected chi connectivity index (χ0v) is 15.3. The minimum Gasteiger partial charge on any atom is -0.325 e. The van der Waals surface area contributed by atoms with Crippen LogP contribution in [0, 0.1) is 19.8 Å². The van der Waals surface area contributed by atoms with Crippen molar-refractivity contribution in [2.75, 3.05) is 16.8 Å². The molecular formula is C19H19BrN2O2. The molecule has 124 valence electrons. The van der Waals surface area contributed by atoms with Gasteiger partial charge in [-0.05, 0) is 59.1 Å². The van der Waals surface area contributed by atoms with Gasteiger partial charge in [0.05, 0.1) is 11.6 Å². The third-order valence-electron chi connectivity index (χ3n) is 4.28. The van der Waals surface area contributed by atoms with Gasteiger partial charge in [0.2, 0.25) is 11.8 Å². The van der Waals surface area contributed by atoms with Crippen LogP contribution in [0.25, 0.3) is 0 Å². The van der Waals surface area contributed by atoms with Crippen molar-refractivity contribution < 1.29 is 9.59 Å². The van der Waals surface area contributed by atoms with Crippen molar-refractivity contribution in [3.05, 3.63) is 58.1 Å². The Kier molecular flexibility index (Phi) is 4.71. The quantitative estimate of drug-likeness (QED) is 0.864. The average molecular weight is 387 g/mol. The summed E-state index contributed by atoms with van der Waals surface area (Å²) < 4.78 is 0.843. The molecule has 1 atom stereocenters. The van der Waals surface area contributed by atoms with Gasteiger partial charge in [0.15, 0.2) is 0 Å². The second-order valence-electron chi connectivity index (χ2n) is 6.16. The first kappa shape index (κ1) is 16.7. The van der Waals surface area contributed by atoms with E-state index in [1.54, 1.807) is 4.90 Å². The maximum atomic E-state index is 12.5. The number of hydrogen-bond donors (Lipinski definition) is 1. The fraction of sp³-hybridized carbons (Fsp3) is 0.263. The Balaban J connectivity index is 1.73. The molecule has 1 unspecified atom stereocenters. The number of nitrogens with one attached hydrogen (secondary N) is 1. The first-order valence-electron chi connectivity index (χ1n) is 7.88. The first-order valence-corrected chi connectivity index (χ1v) is 8.68. The summed E-state index contributed by atoms with van der Waals surface area (Å²) in [5, 5.41) is 2.92. The molecule has 0 radical (unpaired) electrons. The van der Waals surface area contributed by atoms with E-state index in [4.69, 9.17) is 0 Å². The molecule has 3 rings (SSSR count). The molecule has 0 saturated carbocycles. The summed E-state index contributed by atoms with van der Waals surface area (Å²) >= 11 is 3.46. The number of para-hydroxylation sites is 1. The van der Waals surface area contributed by atoms with E-state index in [1.807, 2.05) is 56.3 Å². The summed E-state index contributed by atoms with van der Waals surface area (Å²) in [4.78, 5) is 26.6. The summed E-state index contributed by atoms with van der Waals surface area (Å²) in [6.07, 6.45) is 0.240. The summed E-state index contributed by atoms with van der Waals surface area (Å²) in [6.45, 7) is 4.38. The lowest BCUT2D eigenvalue weighted by atomic mass is 10.1. The number of rotatable bonds is 3. The van der Waals surface area contributed by atoms with Crippen LogP contribution in [0.5, 0.6) is 0 Å². The van der Waals surface area contributed by atoms with Crippen molar-refractivity contribution in [2.45, 2.75) is 20.3 Å². The smallest absolute Gasteiger partial charge is 0.229 e. The molecule has 1 N–H and O–H groups in total. The van der Waals surface area contributed by atoms with E-state index >= 15 is 0 Å². The van der Waals surface area contributed by atoms with Crippen LogP contribution in [-0.2, 0) is 9.59 Å². The molecule has 1 heterocycles. The molecule has 0 bridgehead atoms. The summed E-state index contributed by atoms with van der Waals surface area (Å²) in [5.41, 5.74) is 3.76. The predicted molar refractivity (Wildman–Crippen MR) is 99.1 cm³/mol. The highest BCUT2D eigenvalue weighted by molar-refractivity contribution is 9.10. The Morgan fingerprint density at radius 2 is 1.96 bits per heavy atom. The van der Waals surface area contributed by atoms with Crippen molar-refractivity contribution in [2.24, 2.45) is 5.92 Å². The molecule has 5 heteroatoms. The van der Waals surface area contributed by atoms with Crippen LogP contribution < -0.4 is 10.2 Å². The van der Waals surface area contributed by atoms with Crippen LogP contribution in [0.2, 0.25) is 0 Å². The Morgan fingerprint density at radius 1 is 1.21 bits per heavy atom. The molecule has 24 heavy (non-hydrogen) atoms. The van der Waals surface area contributed by atoms with Crippen molar-refractivity contribution in [1.29, 1.82) is 0 Å². The summed E-state index contributed by atoms with van der Waals surface area (Å²) in [7, 11) is 0. The van der Waals surface area contributed by atoms with Gasteiger partial charge in [-0.3, -0.25) is 9.59 Å². The van der Waals surface area contributed by atoms with Crippen LogP contribution in [-0.4, -0.2) is 18.4 Å². The topological polar surface area (TPSA) is 49.4 Å². The number of halogens is 1. The number of amides is 2. The van der Waals surface area contributed by atoms with E-state index in [1.165, 1.54) is 0 Å². The lowest BCUT2D eigenvalue weighted by Gasteiger charge is -2.19. The Bertz CT molecular complexity index is 804. The maximum absolute atomic E-state index is 12.5. The molecule has 0 aromatic heterocycles. The van der Waals surface area contributed by atoms with Crippen LogP contribution in [0.1, 0.15) is 17.5 Å². The van der Waals surface area contributed by atoms with Gasteiger partial charge in [0, 0.05) is 23.1 Å². The minimum atomic E-state index is -0.342. The first-order chi connectivity index (χ1) is 11.5. The molecule has 1 aliphatic heterocycles. The van der Waals surface area contributed by atoms with Crippen molar-refractivity contribution in [3.63, 3.8) is 0 Å². The number of carbonyl (C=O) groups excluding carboxylic acids is 2. The van der Waals surface area contributed by atoms with E-state index in [2.05, 4.69) is 21.2 Å². The average Bonchev–Trinajstić information content (AvgIpc) is 2.92. The standard InChI is InChI=1S/C19H19BrN2O2/c1-12-7-8-16(15(20)9-12)21-19(24)14-10-18(23)22(11-14)17-6-4-3-5-13(17)2/h3-9,14H,10-11H2,1-2H3,(H,21,24). The van der Waals surface area contributed by atoms with Crippen molar-refractivity contribution >= 4 is 39.1 Å². The maximum Gasteiger partial charge on any atom is 0.229 e. The lowest BCUT2D eigenvalue weighted by Crippen LogP contribution is -2.28. The van der Waals surface area contributed by atoms with Gasteiger partial charge in [0.25, 0.3) is 0 Å². The normalized spacial score (nSPS) is 17.2. The van der Waals surface area contributed by atoms with Gasteiger partial charge in [-0.2, -0.15) is 0 Å². The zero-order chi connectivity index (χ0) is 17.3. The summed E-state index contributed by atoms with van der Waals surface area (Å²) in [5.74, 6) is -0.471. The Hall–Kier alpha value is -2.14. The zero-order valence-electron chi connectivity index (χ0n) is 13.7. The fourth-order valence-electron chi connectivity index (χ4n) is 2.94. The second-order valence-corrected chi connectivity index (χ2v) is 7.02. The van der Waals surface area contributed by atoms with Crippen molar-refractivity contribution in [1.82, 2.24) is 0 Å². The predicted octanol–water partition coefficient (Wildman–Crippen LogP) is 4.06. The molecule has 2 amide bonds. The van der Waals surface area contributed by atoms with Crippen LogP contribution in [0.3, 0.4) is 0 Å². The molecule has 2 aromatic carbocycles. The Morgan fingerprint density at radius 3 is 2.67 bits per heavy atom. The van der Waals surface area contributed by atoms with E-state index in [-0.39, 0.29) is 24.2 Å². The van der Waals surface area contributed by atoms with Gasteiger partial charge in [-0.1, -0.05) is 24.3 Å².